The van der Waals surface area contributed by atoms with E-state index in [0.29, 0.717) is 6.54 Å². The lowest BCUT2D eigenvalue weighted by Crippen LogP contribution is -3.14. The molecule has 0 spiro atoms. The Morgan fingerprint density at radius 3 is 2.39 bits per heavy atom. The van der Waals surface area contributed by atoms with Crippen molar-refractivity contribution >= 4 is 28.3 Å². The maximum atomic E-state index is 12.7. The van der Waals surface area contributed by atoms with Gasteiger partial charge in [-0.1, -0.05) is 60.7 Å². The molecule has 5 nitrogen and oxygen atoms in total. The number of amides is 2. The molecule has 1 atom stereocenters. The molecule has 1 heterocycles. The molecule has 3 aromatic rings. The van der Waals surface area contributed by atoms with Crippen molar-refractivity contribution in [2.75, 3.05) is 25.0 Å². The number of carbonyl (C=O) groups is 2. The lowest BCUT2D eigenvalue weighted by Gasteiger charge is -2.28. The van der Waals surface area contributed by atoms with Gasteiger partial charge in [0.05, 0.1) is 19.1 Å². The Morgan fingerprint density at radius 1 is 0.935 bits per heavy atom. The Morgan fingerprint density at radius 2 is 1.61 bits per heavy atom. The summed E-state index contributed by atoms with van der Waals surface area (Å²) < 4.78 is 0. The summed E-state index contributed by atoms with van der Waals surface area (Å²) in [6, 6.07) is 24.0. The maximum absolute atomic E-state index is 12.7. The molecular weight excluding hydrogens is 386 g/mol. The SMILES string of the molecule is C[C@H](NC(=O)C[NH+]1CCC(C(=O)Nc2ccccc2)CC1)c1cccc2ccccc12. The normalized spacial score (nSPS) is 19.5. The number of rotatable bonds is 6. The molecule has 3 N–H and O–H groups in total. The van der Waals surface area contributed by atoms with E-state index in [0.717, 1.165) is 37.2 Å². The topological polar surface area (TPSA) is 62.6 Å². The van der Waals surface area contributed by atoms with Crippen LogP contribution in [0.1, 0.15) is 31.4 Å². The highest BCUT2D eigenvalue weighted by molar-refractivity contribution is 5.92. The summed E-state index contributed by atoms with van der Waals surface area (Å²) in [6.07, 6.45) is 1.61. The summed E-state index contributed by atoms with van der Waals surface area (Å²) >= 11 is 0. The number of carbonyl (C=O) groups excluding carboxylic acids is 2. The number of para-hydroxylation sites is 1. The predicted molar refractivity (Wildman–Crippen MR) is 124 cm³/mol. The van der Waals surface area contributed by atoms with Crippen molar-refractivity contribution in [3.63, 3.8) is 0 Å². The second-order valence-electron chi connectivity index (χ2n) is 8.41. The lowest BCUT2D eigenvalue weighted by atomic mass is 9.95. The van der Waals surface area contributed by atoms with Gasteiger partial charge in [-0.15, -0.1) is 0 Å². The zero-order valence-electron chi connectivity index (χ0n) is 17.9. The Kier molecular flexibility index (Phi) is 6.63. The summed E-state index contributed by atoms with van der Waals surface area (Å²) in [5.74, 6) is 0.156. The minimum absolute atomic E-state index is 0.0154. The van der Waals surface area contributed by atoms with Gasteiger partial charge in [-0.05, 0) is 35.4 Å². The third-order valence-electron chi connectivity index (χ3n) is 6.18. The third kappa shape index (κ3) is 5.30. The van der Waals surface area contributed by atoms with Gasteiger partial charge in [0, 0.05) is 24.4 Å². The number of fused-ring (bicyclic) bond motifs is 1. The molecule has 2 amide bonds. The molecular formula is C26H30N3O2+. The molecule has 1 fully saturated rings. The number of piperidine rings is 1. The summed E-state index contributed by atoms with van der Waals surface area (Å²) in [5.41, 5.74) is 1.97. The van der Waals surface area contributed by atoms with Crippen LogP contribution in [0.4, 0.5) is 5.69 Å². The van der Waals surface area contributed by atoms with Gasteiger partial charge in [0.2, 0.25) is 5.91 Å². The van der Waals surface area contributed by atoms with Gasteiger partial charge in [0.25, 0.3) is 5.91 Å². The monoisotopic (exact) mass is 416 g/mol. The molecule has 0 aliphatic carbocycles. The standard InChI is InChI=1S/C26H29N3O2/c1-19(23-13-7-9-20-8-5-6-12-24(20)23)27-25(30)18-29-16-14-21(15-17-29)26(31)28-22-10-3-2-4-11-22/h2-13,19,21H,14-18H2,1H3,(H,27,30)(H,28,31)/p+1/t19-/m0/s1. The number of anilines is 1. The van der Waals surface area contributed by atoms with Crippen LogP contribution in [0.3, 0.4) is 0 Å². The number of hydrogen-bond donors (Lipinski definition) is 3. The Hall–Kier alpha value is -3.18. The average molecular weight is 417 g/mol. The Balaban J connectivity index is 1.26. The lowest BCUT2D eigenvalue weighted by molar-refractivity contribution is -0.897. The van der Waals surface area contributed by atoms with Crippen molar-refractivity contribution in [2.24, 2.45) is 5.92 Å². The van der Waals surface area contributed by atoms with Crippen molar-refractivity contribution < 1.29 is 14.5 Å². The quantitative estimate of drug-likeness (QED) is 0.579. The van der Waals surface area contributed by atoms with E-state index in [4.69, 9.17) is 0 Å². The maximum Gasteiger partial charge on any atom is 0.275 e. The molecule has 31 heavy (non-hydrogen) atoms. The van der Waals surface area contributed by atoms with E-state index in [1.54, 1.807) is 0 Å². The molecule has 5 heteroatoms. The van der Waals surface area contributed by atoms with E-state index in [2.05, 4.69) is 34.9 Å². The fraction of sp³-hybridized carbons (Fsp3) is 0.308. The van der Waals surface area contributed by atoms with Crippen molar-refractivity contribution in [3.05, 3.63) is 78.4 Å². The van der Waals surface area contributed by atoms with Gasteiger partial charge >= 0.3 is 0 Å². The molecule has 1 aliphatic heterocycles. The summed E-state index contributed by atoms with van der Waals surface area (Å²) in [5, 5.41) is 8.52. The molecule has 0 saturated carbocycles. The van der Waals surface area contributed by atoms with Crippen molar-refractivity contribution in [2.45, 2.75) is 25.8 Å². The summed E-state index contributed by atoms with van der Waals surface area (Å²) in [7, 11) is 0. The van der Waals surface area contributed by atoms with Crippen LogP contribution in [-0.2, 0) is 9.59 Å². The van der Waals surface area contributed by atoms with Crippen LogP contribution >= 0.6 is 0 Å². The van der Waals surface area contributed by atoms with Gasteiger partial charge in [0.1, 0.15) is 0 Å². The smallest absolute Gasteiger partial charge is 0.275 e. The number of hydrogen-bond acceptors (Lipinski definition) is 2. The highest BCUT2D eigenvalue weighted by atomic mass is 16.2. The van der Waals surface area contributed by atoms with E-state index in [1.807, 2.05) is 55.5 Å². The van der Waals surface area contributed by atoms with E-state index in [1.165, 1.54) is 15.7 Å². The number of quaternary nitrogens is 1. The molecule has 0 radical (unpaired) electrons. The van der Waals surface area contributed by atoms with Gasteiger partial charge in [-0.3, -0.25) is 9.59 Å². The zero-order valence-corrected chi connectivity index (χ0v) is 17.9. The van der Waals surface area contributed by atoms with Crippen molar-refractivity contribution in [3.8, 4) is 0 Å². The molecule has 0 bridgehead atoms. The zero-order chi connectivity index (χ0) is 21.6. The molecule has 0 aromatic heterocycles. The molecule has 1 aliphatic rings. The molecule has 1 saturated heterocycles. The molecule has 4 rings (SSSR count). The van der Waals surface area contributed by atoms with Gasteiger partial charge in [0.15, 0.2) is 6.54 Å². The van der Waals surface area contributed by atoms with E-state index in [9.17, 15) is 9.59 Å². The van der Waals surface area contributed by atoms with Crippen LogP contribution in [0.25, 0.3) is 10.8 Å². The van der Waals surface area contributed by atoms with Crippen LogP contribution in [0, 0.1) is 5.92 Å². The second kappa shape index (κ2) is 9.75. The molecule has 0 unspecified atom stereocenters. The van der Waals surface area contributed by atoms with E-state index < -0.39 is 0 Å². The highest BCUT2D eigenvalue weighted by Gasteiger charge is 2.29. The number of nitrogens with one attached hydrogen (secondary N) is 3. The van der Waals surface area contributed by atoms with Gasteiger partial charge in [-0.2, -0.15) is 0 Å². The Labute approximate surface area is 183 Å². The first-order chi connectivity index (χ1) is 15.1. The fourth-order valence-corrected chi connectivity index (χ4v) is 4.46. The number of likely N-dealkylation sites (tertiary alicyclic amines) is 1. The van der Waals surface area contributed by atoms with Crippen LogP contribution in [-0.4, -0.2) is 31.4 Å². The van der Waals surface area contributed by atoms with E-state index in [-0.39, 0.29) is 23.8 Å². The van der Waals surface area contributed by atoms with Crippen LogP contribution in [0.2, 0.25) is 0 Å². The minimum atomic E-state index is -0.0489. The third-order valence-corrected chi connectivity index (χ3v) is 6.18. The Bertz CT molecular complexity index is 1040. The summed E-state index contributed by atoms with van der Waals surface area (Å²) in [4.78, 5) is 26.4. The average Bonchev–Trinajstić information content (AvgIpc) is 2.79. The number of benzene rings is 3. The van der Waals surface area contributed by atoms with Crippen molar-refractivity contribution in [1.29, 1.82) is 0 Å². The van der Waals surface area contributed by atoms with Crippen LogP contribution in [0.15, 0.2) is 72.8 Å². The first-order valence-electron chi connectivity index (χ1n) is 11.1. The van der Waals surface area contributed by atoms with Crippen LogP contribution < -0.4 is 15.5 Å². The van der Waals surface area contributed by atoms with E-state index >= 15 is 0 Å². The first-order valence-corrected chi connectivity index (χ1v) is 11.1. The fourth-order valence-electron chi connectivity index (χ4n) is 4.46. The van der Waals surface area contributed by atoms with Crippen molar-refractivity contribution in [1.82, 2.24) is 5.32 Å². The van der Waals surface area contributed by atoms with Gasteiger partial charge in [-0.25, -0.2) is 0 Å². The first kappa shape index (κ1) is 21.1. The van der Waals surface area contributed by atoms with Crippen LogP contribution in [0.5, 0.6) is 0 Å². The second-order valence-corrected chi connectivity index (χ2v) is 8.41. The highest BCUT2D eigenvalue weighted by Crippen LogP contribution is 2.23. The molecule has 3 aromatic carbocycles. The minimum Gasteiger partial charge on any atom is -0.345 e. The summed E-state index contributed by atoms with van der Waals surface area (Å²) in [6.45, 7) is 4.16. The van der Waals surface area contributed by atoms with Gasteiger partial charge < -0.3 is 15.5 Å². The predicted octanol–water partition coefficient (Wildman–Crippen LogP) is 2.95. The largest absolute Gasteiger partial charge is 0.345 e. The molecule has 160 valence electrons.